The molecule has 4 heteroatoms. The Morgan fingerprint density at radius 2 is 1.59 bits per heavy atom. The van der Waals surface area contributed by atoms with Gasteiger partial charge in [0.15, 0.2) is 0 Å². The maximum absolute atomic E-state index is 11.3. The fourth-order valence-corrected chi connectivity index (χ4v) is 1.94. The van der Waals surface area contributed by atoms with Gasteiger partial charge in [-0.2, -0.15) is 0 Å². The Bertz CT molecular complexity index is 576. The third-order valence-electron chi connectivity index (χ3n) is 3.05. The van der Waals surface area contributed by atoms with Gasteiger partial charge in [0.25, 0.3) is 0 Å². The summed E-state index contributed by atoms with van der Waals surface area (Å²) in [7, 11) is 0. The van der Waals surface area contributed by atoms with E-state index in [4.69, 9.17) is 9.84 Å². The van der Waals surface area contributed by atoms with Crippen LogP contribution in [0.2, 0.25) is 0 Å². The van der Waals surface area contributed by atoms with Crippen LogP contribution in [0.1, 0.15) is 24.1 Å². The molecule has 2 aromatic carbocycles. The molecule has 0 aliphatic heterocycles. The van der Waals surface area contributed by atoms with E-state index in [1.165, 1.54) is 16.7 Å². The molecule has 0 bridgehead atoms. The Labute approximate surface area is 131 Å². The zero-order valence-corrected chi connectivity index (χ0v) is 12.0. The summed E-state index contributed by atoms with van der Waals surface area (Å²) in [6, 6.07) is 16.1. The van der Waals surface area contributed by atoms with Gasteiger partial charge in [0.05, 0.1) is 6.61 Å². The summed E-state index contributed by atoms with van der Waals surface area (Å²) in [6.45, 7) is 1.89. The number of benzene rings is 2. The molecule has 0 saturated heterocycles. The second kappa shape index (κ2) is 8.85. The molecule has 0 radical (unpaired) electrons. The summed E-state index contributed by atoms with van der Waals surface area (Å²) in [5.74, 6) is 0. The quantitative estimate of drug-likeness (QED) is 0.884. The van der Waals surface area contributed by atoms with Crippen molar-refractivity contribution in [3.63, 3.8) is 0 Å². The van der Waals surface area contributed by atoms with E-state index in [2.05, 4.69) is 36.5 Å². The molecule has 22 heavy (non-hydrogen) atoms. The summed E-state index contributed by atoms with van der Waals surface area (Å²) in [5.41, 5.74) is 4.35. The van der Waals surface area contributed by atoms with Crippen molar-refractivity contribution >= 4 is 11.8 Å². The monoisotopic (exact) mass is 301 g/mol. The van der Waals surface area contributed by atoms with Gasteiger partial charge in [0, 0.05) is 5.69 Å². The van der Waals surface area contributed by atoms with Crippen LogP contribution >= 0.6 is 0 Å². The highest BCUT2D eigenvalue weighted by Crippen LogP contribution is 2.14. The second-order valence-corrected chi connectivity index (χ2v) is 4.84. The van der Waals surface area contributed by atoms with E-state index in [0.29, 0.717) is 5.69 Å². The highest BCUT2D eigenvalue weighted by Gasteiger charge is 2.03. The maximum atomic E-state index is 11.3. The van der Waals surface area contributed by atoms with Gasteiger partial charge in [-0.25, -0.2) is 4.79 Å². The number of carbonyl (C=O) groups excluding carboxylic acids is 1. The van der Waals surface area contributed by atoms with E-state index in [1.807, 2.05) is 24.3 Å². The molecule has 0 spiro atoms. The van der Waals surface area contributed by atoms with Crippen LogP contribution in [0, 0.1) is 6.92 Å². The molecular weight excluding hydrogens is 278 g/mol. The van der Waals surface area contributed by atoms with Crippen LogP contribution in [0.5, 0.6) is 0 Å². The molecule has 0 unspecified atom stereocenters. The molecule has 4 nitrogen and oxygen atoms in total. The molecule has 2 aromatic rings. The number of aliphatic hydroxyl groups excluding tert-OH is 1. The third kappa shape index (κ3) is 5.58. The van der Waals surface area contributed by atoms with E-state index in [0.717, 1.165) is 6.42 Å². The van der Waals surface area contributed by atoms with Crippen molar-refractivity contribution in [2.24, 2.45) is 0 Å². The molecule has 0 aliphatic carbocycles. The van der Waals surface area contributed by atoms with Crippen molar-refractivity contribution in [3.05, 3.63) is 65.2 Å². The first-order chi connectivity index (χ1) is 10.2. The normalized spacial score (nSPS) is 9.73. The number of hydrogen-bond acceptors (Lipinski definition) is 3. The first-order valence-corrected chi connectivity index (χ1v) is 6.86. The molecule has 0 atom stereocenters. The van der Waals surface area contributed by atoms with Crippen LogP contribution in [0.3, 0.4) is 0 Å². The van der Waals surface area contributed by atoms with Crippen LogP contribution in [-0.4, -0.2) is 24.4 Å². The largest absolute Gasteiger partial charge is 0.447 e. The van der Waals surface area contributed by atoms with Crippen LogP contribution in [-0.2, 0) is 11.2 Å². The number of nitrogens with one attached hydrogen (secondary N) is 1. The van der Waals surface area contributed by atoms with E-state index >= 15 is 0 Å². The summed E-state index contributed by atoms with van der Waals surface area (Å²) in [5, 5.41) is 11.2. The van der Waals surface area contributed by atoms with Crippen LogP contribution in [0.25, 0.3) is 0 Å². The van der Waals surface area contributed by atoms with Gasteiger partial charge in [0.2, 0.25) is 0 Å². The van der Waals surface area contributed by atoms with Gasteiger partial charge in [-0.3, -0.25) is 5.32 Å². The minimum Gasteiger partial charge on any atom is -0.447 e. The van der Waals surface area contributed by atoms with Crippen molar-refractivity contribution in [2.45, 2.75) is 20.8 Å². The molecule has 0 aliphatic rings. The molecule has 0 fully saturated rings. The van der Waals surface area contributed by atoms with E-state index in [9.17, 15) is 4.79 Å². The lowest BCUT2D eigenvalue weighted by molar-refractivity contribution is 0.131. The average molecular weight is 301 g/mol. The predicted molar refractivity (Wildman–Crippen MR) is 89.2 cm³/mol. The zero-order chi connectivity index (χ0) is 15.1. The first kappa shape index (κ1) is 17.7. The van der Waals surface area contributed by atoms with Gasteiger partial charge in [-0.1, -0.05) is 49.4 Å². The highest BCUT2D eigenvalue weighted by molar-refractivity contribution is 5.84. The van der Waals surface area contributed by atoms with Crippen LogP contribution in [0.4, 0.5) is 10.5 Å². The van der Waals surface area contributed by atoms with Crippen molar-refractivity contribution in [2.75, 3.05) is 18.5 Å². The third-order valence-corrected chi connectivity index (χ3v) is 3.05. The van der Waals surface area contributed by atoms with Gasteiger partial charge in [-0.05, 0) is 36.6 Å². The first-order valence-electron chi connectivity index (χ1n) is 6.86. The Hall–Kier alpha value is -2.33. The fraction of sp³-hybridized carbons (Fsp3) is 0.278. The Morgan fingerprint density at radius 1 is 1.05 bits per heavy atom. The summed E-state index contributed by atoms with van der Waals surface area (Å²) in [4.78, 5) is 11.3. The lowest BCUT2D eigenvalue weighted by Crippen LogP contribution is -2.15. The number of amides is 1. The molecule has 118 valence electrons. The van der Waals surface area contributed by atoms with Crippen molar-refractivity contribution in [1.82, 2.24) is 0 Å². The van der Waals surface area contributed by atoms with Gasteiger partial charge in [0.1, 0.15) is 6.61 Å². The van der Waals surface area contributed by atoms with E-state index < -0.39 is 6.09 Å². The fourth-order valence-electron chi connectivity index (χ4n) is 1.94. The van der Waals surface area contributed by atoms with Gasteiger partial charge in [-0.15, -0.1) is 0 Å². The molecule has 0 aromatic heterocycles. The molecule has 2 N–H and O–H groups in total. The minimum absolute atomic E-state index is 0. The Morgan fingerprint density at radius 3 is 2.14 bits per heavy atom. The smallest absolute Gasteiger partial charge is 0.411 e. The number of rotatable bonds is 5. The van der Waals surface area contributed by atoms with Gasteiger partial charge < -0.3 is 9.84 Å². The van der Waals surface area contributed by atoms with Crippen LogP contribution < -0.4 is 5.32 Å². The summed E-state index contributed by atoms with van der Waals surface area (Å²) >= 11 is 0. The van der Waals surface area contributed by atoms with Crippen molar-refractivity contribution in [3.8, 4) is 0 Å². The number of aliphatic hydroxyl groups is 1. The number of carbonyl (C=O) groups is 1. The van der Waals surface area contributed by atoms with E-state index in [-0.39, 0.29) is 20.6 Å². The number of ether oxygens (including phenoxy) is 1. The number of hydrogen-bond donors (Lipinski definition) is 2. The lowest BCUT2D eigenvalue weighted by Gasteiger charge is -2.07. The second-order valence-electron chi connectivity index (χ2n) is 4.84. The number of aryl methyl sites for hydroxylation is 1. The Kier molecular flexibility index (Phi) is 7.13. The average Bonchev–Trinajstić information content (AvgIpc) is 2.49. The molecule has 0 heterocycles. The SMILES string of the molecule is C.Cc1ccc(Cc2ccc(NC(=O)OCCO)cc2)cc1. The van der Waals surface area contributed by atoms with Gasteiger partial charge >= 0.3 is 6.09 Å². The molecule has 1 amide bonds. The summed E-state index contributed by atoms with van der Waals surface area (Å²) < 4.78 is 4.73. The maximum Gasteiger partial charge on any atom is 0.411 e. The molecule has 0 saturated carbocycles. The minimum atomic E-state index is -0.560. The zero-order valence-electron chi connectivity index (χ0n) is 12.0. The highest BCUT2D eigenvalue weighted by atomic mass is 16.6. The van der Waals surface area contributed by atoms with Crippen molar-refractivity contribution < 1.29 is 14.6 Å². The lowest BCUT2D eigenvalue weighted by atomic mass is 10.0. The standard InChI is InChI=1S/C17H19NO3.CH4/c1-13-2-4-14(5-3-13)12-15-6-8-16(9-7-15)18-17(20)21-11-10-19;/h2-9,19H,10-12H2,1H3,(H,18,20);1H4. The topological polar surface area (TPSA) is 58.6 Å². The molecular formula is C18H23NO3. The number of anilines is 1. The van der Waals surface area contributed by atoms with E-state index in [1.54, 1.807) is 0 Å². The Balaban J connectivity index is 0.00000242. The summed E-state index contributed by atoms with van der Waals surface area (Å²) in [6.07, 6.45) is 0.297. The van der Waals surface area contributed by atoms with Crippen LogP contribution in [0.15, 0.2) is 48.5 Å². The predicted octanol–water partition coefficient (Wildman–Crippen LogP) is 3.76. The molecule has 2 rings (SSSR count). The van der Waals surface area contributed by atoms with Crippen molar-refractivity contribution in [1.29, 1.82) is 0 Å².